The first-order chi connectivity index (χ1) is 26.0. The molecule has 4 atom stereocenters. The molecule has 9 rings (SSSR count). The molecule has 0 aromatic heterocycles. The standard InChI is InChI=1S/C42H36N6O4S/c1-49-29-13-9-26(10-14-29)42(27-11-15-30(16-12-27)50-23-45-47-43)18-17-32-39-38(31-5-3-4-6-35(31)41(39)22-25-7-8-28(41)19-25)33-21-37(53-2)36(51-24-46-48-44)20-34(33)40(32)52-42/h3-6,9-18,20-21,25,28H,7-8,19,22-24H2,1-2H3. The largest absolute Gasteiger partial charge is 0.497 e. The fraction of sp³-hybridized carbons (Fsp3) is 0.286. The highest BCUT2D eigenvalue weighted by Crippen LogP contribution is 2.69. The van der Waals surface area contributed by atoms with Gasteiger partial charge in [0.15, 0.2) is 19.1 Å². The molecule has 10 nitrogen and oxygen atoms in total. The van der Waals surface area contributed by atoms with Crippen LogP contribution in [0.3, 0.4) is 0 Å². The number of ether oxygens (including phenoxy) is 4. The smallest absolute Gasteiger partial charge is 0.178 e. The Morgan fingerprint density at radius 2 is 1.58 bits per heavy atom. The van der Waals surface area contributed by atoms with Gasteiger partial charge < -0.3 is 18.9 Å². The van der Waals surface area contributed by atoms with E-state index < -0.39 is 5.60 Å². The average molecular weight is 721 g/mol. The van der Waals surface area contributed by atoms with E-state index in [0.29, 0.717) is 23.3 Å². The van der Waals surface area contributed by atoms with Crippen molar-refractivity contribution < 1.29 is 18.9 Å². The number of hydrogen-bond donors (Lipinski definition) is 0. The molecule has 0 radical (unpaired) electrons. The Balaban J connectivity index is 1.32. The van der Waals surface area contributed by atoms with Gasteiger partial charge in [-0.05, 0) is 119 Å². The van der Waals surface area contributed by atoms with Gasteiger partial charge in [-0.15, -0.1) is 11.8 Å². The van der Waals surface area contributed by atoms with Crippen molar-refractivity contribution in [3.05, 3.63) is 140 Å². The van der Waals surface area contributed by atoms with Gasteiger partial charge in [-0.2, -0.15) is 0 Å². The zero-order valence-electron chi connectivity index (χ0n) is 29.4. The molecule has 4 aliphatic rings. The number of methoxy groups -OCH3 is 1. The molecule has 0 N–H and O–H groups in total. The first-order valence-electron chi connectivity index (χ1n) is 17.8. The van der Waals surface area contributed by atoms with Gasteiger partial charge in [0.1, 0.15) is 23.0 Å². The third kappa shape index (κ3) is 5.03. The highest BCUT2D eigenvalue weighted by Gasteiger charge is 2.58. The fourth-order valence-corrected chi connectivity index (χ4v) is 10.3. The Morgan fingerprint density at radius 3 is 2.25 bits per heavy atom. The molecule has 1 aliphatic heterocycles. The molecule has 0 saturated heterocycles. The molecule has 1 spiro atoms. The van der Waals surface area contributed by atoms with Crippen LogP contribution in [0.25, 0.3) is 48.9 Å². The summed E-state index contributed by atoms with van der Waals surface area (Å²) in [4.78, 5) is 6.67. The summed E-state index contributed by atoms with van der Waals surface area (Å²) in [6, 6.07) is 29.0. The Bertz CT molecular complexity index is 2400. The van der Waals surface area contributed by atoms with Gasteiger partial charge in [-0.3, -0.25) is 0 Å². The minimum absolute atomic E-state index is 0.0952. The molecule has 4 unspecified atom stereocenters. The quantitative estimate of drug-likeness (QED) is 0.0612. The van der Waals surface area contributed by atoms with Gasteiger partial charge in [0.25, 0.3) is 0 Å². The van der Waals surface area contributed by atoms with Crippen molar-refractivity contribution in [2.45, 2.75) is 41.6 Å². The van der Waals surface area contributed by atoms with E-state index in [1.54, 1.807) is 18.9 Å². The number of hydrogen-bond acceptors (Lipinski definition) is 7. The van der Waals surface area contributed by atoms with Crippen molar-refractivity contribution in [2.75, 3.05) is 26.8 Å². The molecule has 5 aromatic carbocycles. The van der Waals surface area contributed by atoms with E-state index in [1.807, 2.05) is 54.8 Å². The zero-order valence-corrected chi connectivity index (χ0v) is 30.2. The van der Waals surface area contributed by atoms with Crippen molar-refractivity contribution >= 4 is 28.6 Å². The van der Waals surface area contributed by atoms with Crippen LogP contribution in [-0.4, -0.2) is 26.8 Å². The lowest BCUT2D eigenvalue weighted by molar-refractivity contribution is 0.162. The summed E-state index contributed by atoms with van der Waals surface area (Å²) in [5.74, 6) is 4.01. The monoisotopic (exact) mass is 720 g/mol. The maximum absolute atomic E-state index is 9.03. The van der Waals surface area contributed by atoms with Gasteiger partial charge in [0.05, 0.1) is 7.11 Å². The molecule has 0 amide bonds. The van der Waals surface area contributed by atoms with Crippen LogP contribution >= 0.6 is 11.8 Å². The molecular formula is C42H36N6O4S. The average Bonchev–Trinajstić information content (AvgIpc) is 3.91. The van der Waals surface area contributed by atoms with Crippen molar-refractivity contribution in [1.82, 2.24) is 0 Å². The van der Waals surface area contributed by atoms with Crippen LogP contribution in [0.2, 0.25) is 0 Å². The van der Waals surface area contributed by atoms with E-state index in [9.17, 15) is 0 Å². The second-order valence-corrected chi connectivity index (χ2v) is 14.9. The van der Waals surface area contributed by atoms with Crippen LogP contribution in [0.1, 0.15) is 53.5 Å². The minimum Gasteiger partial charge on any atom is -0.497 e. The molecule has 2 fully saturated rings. The maximum Gasteiger partial charge on any atom is 0.178 e. The minimum atomic E-state index is -1.03. The lowest BCUT2D eigenvalue weighted by Crippen LogP contribution is -2.36. The van der Waals surface area contributed by atoms with Crippen molar-refractivity contribution in [3.8, 4) is 34.1 Å². The zero-order chi connectivity index (χ0) is 36.2. The summed E-state index contributed by atoms with van der Waals surface area (Å²) in [6.45, 7) is -0.225. The molecular weight excluding hydrogens is 685 g/mol. The van der Waals surface area contributed by atoms with E-state index in [2.05, 4.69) is 68.6 Å². The van der Waals surface area contributed by atoms with E-state index in [0.717, 1.165) is 50.3 Å². The lowest BCUT2D eigenvalue weighted by Gasteiger charge is -2.41. The fourth-order valence-electron chi connectivity index (χ4n) is 9.72. The van der Waals surface area contributed by atoms with Crippen LogP contribution < -0.4 is 18.9 Å². The number of benzene rings is 5. The molecule has 5 aromatic rings. The highest BCUT2D eigenvalue weighted by atomic mass is 32.2. The van der Waals surface area contributed by atoms with E-state index in [1.165, 1.54) is 41.5 Å². The van der Waals surface area contributed by atoms with Gasteiger partial charge in [0.2, 0.25) is 0 Å². The van der Waals surface area contributed by atoms with Crippen LogP contribution in [-0.2, 0) is 11.0 Å². The molecule has 2 saturated carbocycles. The van der Waals surface area contributed by atoms with Crippen LogP contribution in [0.15, 0.2) is 106 Å². The van der Waals surface area contributed by atoms with E-state index >= 15 is 0 Å². The Morgan fingerprint density at radius 1 is 0.868 bits per heavy atom. The summed E-state index contributed by atoms with van der Waals surface area (Å²) in [5, 5.41) is 9.24. The molecule has 53 heavy (non-hydrogen) atoms. The van der Waals surface area contributed by atoms with E-state index in [4.69, 9.17) is 30.0 Å². The van der Waals surface area contributed by atoms with Crippen molar-refractivity contribution in [2.24, 2.45) is 22.1 Å². The second-order valence-electron chi connectivity index (χ2n) is 14.1. The van der Waals surface area contributed by atoms with Crippen LogP contribution in [0.5, 0.6) is 23.0 Å². The SMILES string of the molecule is COc1ccc(C2(c3ccc(OCN=[N+]=[N-])cc3)C=Cc3c4c(c5cc(SC)c(OCN=[N+]=[N-])cc5c3O2)-c2ccccc2C42CC3CCC2C3)cc1. The Hall–Kier alpha value is -5.73. The van der Waals surface area contributed by atoms with E-state index in [-0.39, 0.29) is 18.9 Å². The summed E-state index contributed by atoms with van der Waals surface area (Å²) in [7, 11) is 1.66. The maximum atomic E-state index is 9.03. The summed E-state index contributed by atoms with van der Waals surface area (Å²) in [5.41, 5.74) is 25.0. The first-order valence-corrected chi connectivity index (χ1v) is 19.0. The van der Waals surface area contributed by atoms with Crippen molar-refractivity contribution in [3.63, 3.8) is 0 Å². The Kier molecular flexibility index (Phi) is 8.15. The second kappa shape index (κ2) is 13.0. The van der Waals surface area contributed by atoms with Gasteiger partial charge >= 0.3 is 0 Å². The number of azide groups is 2. The summed E-state index contributed by atoms with van der Waals surface area (Å²) in [6.07, 6.45) is 11.4. The predicted molar refractivity (Wildman–Crippen MR) is 207 cm³/mol. The summed E-state index contributed by atoms with van der Waals surface area (Å²) >= 11 is 1.61. The summed E-state index contributed by atoms with van der Waals surface area (Å²) < 4.78 is 24.9. The number of nitrogens with zero attached hydrogens (tertiary/aromatic N) is 6. The topological polar surface area (TPSA) is 134 Å². The highest BCUT2D eigenvalue weighted by molar-refractivity contribution is 7.98. The number of fused-ring (bicyclic) bond motifs is 13. The molecule has 3 aliphatic carbocycles. The van der Waals surface area contributed by atoms with Crippen molar-refractivity contribution in [1.29, 1.82) is 0 Å². The number of thioether (sulfide) groups is 1. The molecule has 2 bridgehead atoms. The normalized spacial score (nSPS) is 22.7. The molecule has 1 heterocycles. The predicted octanol–water partition coefficient (Wildman–Crippen LogP) is 11.3. The third-order valence-corrected chi connectivity index (χ3v) is 12.6. The Labute approximate surface area is 311 Å². The van der Waals surface area contributed by atoms with Crippen LogP contribution in [0.4, 0.5) is 0 Å². The third-order valence-electron chi connectivity index (χ3n) is 11.8. The van der Waals surface area contributed by atoms with Gasteiger partial charge in [0, 0.05) is 42.2 Å². The molecule has 264 valence electrons. The molecule has 11 heteroatoms. The lowest BCUT2D eigenvalue weighted by atomic mass is 9.65. The van der Waals surface area contributed by atoms with Gasteiger partial charge in [-0.1, -0.05) is 71.3 Å². The van der Waals surface area contributed by atoms with Crippen LogP contribution in [0, 0.1) is 11.8 Å². The number of rotatable bonds is 10. The first kappa shape index (κ1) is 33.1. The van der Waals surface area contributed by atoms with Gasteiger partial charge in [-0.25, -0.2) is 0 Å².